The van der Waals surface area contributed by atoms with Crippen molar-refractivity contribution in [2.45, 2.75) is 72.7 Å². The number of carbonyl (C=O) groups is 1. The van der Waals surface area contributed by atoms with Crippen molar-refractivity contribution in [3.05, 3.63) is 0 Å². The summed E-state index contributed by atoms with van der Waals surface area (Å²) in [5, 5.41) is 10.5. The zero-order valence-electron chi connectivity index (χ0n) is 14.9. The number of alkyl halides is 8. The van der Waals surface area contributed by atoms with Crippen molar-refractivity contribution < 1.29 is 62.7 Å². The van der Waals surface area contributed by atoms with Crippen LogP contribution in [0.4, 0.5) is 35.1 Å². The predicted molar refractivity (Wildman–Crippen MR) is 79.8 cm³/mol. The van der Waals surface area contributed by atoms with E-state index in [1.165, 1.54) is 0 Å². The molecule has 0 aromatic rings. The van der Waals surface area contributed by atoms with Crippen molar-refractivity contribution in [2.75, 3.05) is 0 Å². The van der Waals surface area contributed by atoms with Crippen LogP contribution in [0.15, 0.2) is 0 Å². The van der Waals surface area contributed by atoms with Crippen LogP contribution in [-0.2, 0) is 19.6 Å². The highest BCUT2D eigenvalue weighted by atomic mass is 32.2. The third-order valence-electron chi connectivity index (χ3n) is 6.16. The van der Waals surface area contributed by atoms with Gasteiger partial charge in [0.15, 0.2) is 0 Å². The monoisotopic (exact) mass is 476 g/mol. The van der Waals surface area contributed by atoms with Crippen LogP contribution in [0.5, 0.6) is 0 Å². The Kier molecular flexibility index (Phi) is 4.83. The first-order valence-electron chi connectivity index (χ1n) is 8.64. The van der Waals surface area contributed by atoms with Crippen LogP contribution in [-0.4, -0.2) is 58.3 Å². The molecular weight excluding hydrogens is 460 g/mol. The molecule has 6 nitrogen and oxygen atoms in total. The van der Waals surface area contributed by atoms with Gasteiger partial charge in [-0.05, 0) is 43.9 Å². The molecule has 174 valence electrons. The maximum Gasteiger partial charge on any atom is 0.456 e. The number of halogens is 8. The largest absolute Gasteiger partial charge is 0.457 e. The molecule has 0 aromatic heterocycles. The number of carbonyl (C=O) groups excluding carboxylic acids is 1. The van der Waals surface area contributed by atoms with E-state index in [-0.39, 0.29) is 25.7 Å². The van der Waals surface area contributed by atoms with Crippen molar-refractivity contribution in [3.63, 3.8) is 0 Å². The lowest BCUT2D eigenvalue weighted by atomic mass is 9.52. The summed E-state index contributed by atoms with van der Waals surface area (Å²) in [7, 11) is -7.46. The van der Waals surface area contributed by atoms with Crippen LogP contribution in [0.1, 0.15) is 38.5 Å². The van der Waals surface area contributed by atoms with Gasteiger partial charge in [0.05, 0.1) is 5.60 Å². The van der Waals surface area contributed by atoms with Gasteiger partial charge >= 0.3 is 29.0 Å². The lowest BCUT2D eigenvalue weighted by Gasteiger charge is -2.59. The predicted octanol–water partition coefficient (Wildman–Crippen LogP) is 3.00. The van der Waals surface area contributed by atoms with Gasteiger partial charge in [-0.2, -0.15) is 43.5 Å². The lowest BCUT2D eigenvalue weighted by molar-refractivity contribution is -0.334. The van der Waals surface area contributed by atoms with Gasteiger partial charge in [-0.15, -0.1) is 0 Å². The fourth-order valence-corrected chi connectivity index (χ4v) is 6.54. The van der Waals surface area contributed by atoms with Gasteiger partial charge in [0, 0.05) is 6.42 Å². The van der Waals surface area contributed by atoms with Crippen molar-refractivity contribution >= 4 is 16.1 Å². The van der Waals surface area contributed by atoms with Crippen LogP contribution >= 0.6 is 0 Å². The first kappa shape index (κ1) is 23.4. The Hall–Kier alpha value is -1.22. The Morgan fingerprint density at radius 1 is 0.900 bits per heavy atom. The zero-order chi connectivity index (χ0) is 23.2. The molecule has 4 aliphatic carbocycles. The van der Waals surface area contributed by atoms with Crippen LogP contribution in [0.3, 0.4) is 0 Å². The first-order chi connectivity index (χ1) is 13.2. The number of hydrogen-bond acceptors (Lipinski definition) is 5. The van der Waals surface area contributed by atoms with Gasteiger partial charge in [-0.1, -0.05) is 0 Å². The molecule has 4 fully saturated rings. The SMILES string of the molecule is O=C(OC12CC3CC(CC(O)(C3)C1)C2)C(C(F)(F)F)(C(F)(F)C(F)(F)F)S(=O)(=O)O. The van der Waals surface area contributed by atoms with E-state index < -0.39 is 68.6 Å². The van der Waals surface area contributed by atoms with E-state index in [2.05, 4.69) is 4.74 Å². The van der Waals surface area contributed by atoms with Crippen LogP contribution in [0.2, 0.25) is 0 Å². The van der Waals surface area contributed by atoms with Gasteiger partial charge in [-0.25, -0.2) is 4.79 Å². The minimum atomic E-state index is -7.46. The molecule has 4 saturated carbocycles. The van der Waals surface area contributed by atoms with Gasteiger partial charge in [0.1, 0.15) is 5.60 Å². The zero-order valence-corrected chi connectivity index (χ0v) is 15.7. The number of ether oxygens (including phenoxy) is 1. The minimum Gasteiger partial charge on any atom is -0.457 e. The fourth-order valence-electron chi connectivity index (χ4n) is 5.55. The number of hydrogen-bond donors (Lipinski definition) is 2. The number of esters is 1. The quantitative estimate of drug-likeness (QED) is 0.368. The summed E-state index contributed by atoms with van der Waals surface area (Å²) in [6.45, 7) is 0. The molecule has 30 heavy (non-hydrogen) atoms. The normalized spacial score (nSPS) is 36.5. The molecule has 3 unspecified atom stereocenters. The molecule has 4 aliphatic rings. The van der Waals surface area contributed by atoms with Crippen molar-refractivity contribution in [1.29, 1.82) is 0 Å². The van der Waals surface area contributed by atoms with E-state index in [1.807, 2.05) is 0 Å². The maximum atomic E-state index is 14.0. The number of aliphatic hydroxyl groups is 1. The Morgan fingerprint density at radius 3 is 1.70 bits per heavy atom. The topological polar surface area (TPSA) is 101 Å². The molecule has 15 heteroatoms. The van der Waals surface area contributed by atoms with Crippen molar-refractivity contribution in [3.8, 4) is 0 Å². The van der Waals surface area contributed by atoms with Gasteiger partial charge in [0.2, 0.25) is 0 Å². The van der Waals surface area contributed by atoms with Crippen molar-refractivity contribution in [1.82, 2.24) is 0 Å². The Bertz CT molecular complexity index is 836. The molecule has 3 atom stereocenters. The average molecular weight is 476 g/mol. The smallest absolute Gasteiger partial charge is 0.456 e. The van der Waals surface area contributed by atoms with Gasteiger partial charge in [-0.3, -0.25) is 4.55 Å². The first-order valence-corrected chi connectivity index (χ1v) is 10.1. The molecule has 4 rings (SSSR count). The van der Waals surface area contributed by atoms with E-state index >= 15 is 0 Å². The van der Waals surface area contributed by atoms with E-state index in [0.29, 0.717) is 6.42 Å². The molecule has 0 saturated heterocycles. The van der Waals surface area contributed by atoms with E-state index in [4.69, 9.17) is 4.55 Å². The Morgan fingerprint density at radius 2 is 1.37 bits per heavy atom. The summed E-state index contributed by atoms with van der Waals surface area (Å²) < 4.78 is 137. The molecular formula is C15H16F8O6S. The molecule has 0 aliphatic heterocycles. The minimum absolute atomic E-state index is 0.171. The molecule has 0 radical (unpaired) electrons. The van der Waals surface area contributed by atoms with Crippen LogP contribution in [0.25, 0.3) is 0 Å². The maximum absolute atomic E-state index is 14.0. The summed E-state index contributed by atoms with van der Waals surface area (Å²) in [4.78, 5) is 12.3. The Labute approximate surface area is 164 Å². The third kappa shape index (κ3) is 3.10. The standard InChI is InChI=1S/C15H16F8O6S/c16-13(17,15(21,22)23)12(14(18,19)20,30(26,27)28)9(24)29-11-4-7-1-8(5-11)3-10(25,2-7)6-11/h7-8,25H,1-6H2,(H,26,27,28). The second-order valence-electron chi connectivity index (χ2n) is 8.48. The second-order valence-corrected chi connectivity index (χ2v) is 10.0. The third-order valence-corrected chi connectivity index (χ3v) is 7.59. The van der Waals surface area contributed by atoms with Crippen LogP contribution < -0.4 is 0 Å². The number of rotatable bonds is 4. The lowest BCUT2D eigenvalue weighted by Crippen LogP contribution is -2.74. The fraction of sp³-hybridized carbons (Fsp3) is 0.933. The summed E-state index contributed by atoms with van der Waals surface area (Å²) in [5.74, 6) is -11.6. The molecule has 2 N–H and O–H groups in total. The summed E-state index contributed by atoms with van der Waals surface area (Å²) in [5.41, 5.74) is -3.59. The second kappa shape index (κ2) is 6.18. The highest BCUT2D eigenvalue weighted by molar-refractivity contribution is 7.88. The van der Waals surface area contributed by atoms with E-state index in [9.17, 15) is 53.4 Å². The summed E-state index contributed by atoms with van der Waals surface area (Å²) in [6.07, 6.45) is -14.5. The molecule has 0 spiro atoms. The highest BCUT2D eigenvalue weighted by Gasteiger charge is 2.90. The summed E-state index contributed by atoms with van der Waals surface area (Å²) >= 11 is 0. The van der Waals surface area contributed by atoms with Crippen molar-refractivity contribution in [2.24, 2.45) is 11.8 Å². The molecule has 0 heterocycles. The molecule has 4 bridgehead atoms. The van der Waals surface area contributed by atoms with Crippen LogP contribution in [0, 0.1) is 11.8 Å². The molecule has 0 amide bonds. The average Bonchev–Trinajstić information content (AvgIpc) is 2.38. The van der Waals surface area contributed by atoms with Gasteiger partial charge < -0.3 is 9.84 Å². The highest BCUT2D eigenvalue weighted by Crippen LogP contribution is 2.61. The van der Waals surface area contributed by atoms with E-state index in [1.54, 1.807) is 0 Å². The van der Waals surface area contributed by atoms with E-state index in [0.717, 1.165) is 0 Å². The molecule has 0 aromatic carbocycles. The Balaban J connectivity index is 2.13. The summed E-state index contributed by atoms with van der Waals surface area (Å²) in [6, 6.07) is 0. The van der Waals surface area contributed by atoms with Gasteiger partial charge in [0.25, 0.3) is 10.1 Å².